The van der Waals surface area contributed by atoms with Crippen LogP contribution in [0.1, 0.15) is 15.9 Å². The summed E-state index contributed by atoms with van der Waals surface area (Å²) in [6.07, 6.45) is 1.40. The molecule has 0 saturated carbocycles. The van der Waals surface area contributed by atoms with Crippen LogP contribution in [0.25, 0.3) is 5.69 Å². The van der Waals surface area contributed by atoms with Gasteiger partial charge in [-0.1, -0.05) is 6.07 Å². The molecule has 1 aromatic carbocycles. The number of aryl methyl sites for hydroxylation is 1. The zero-order chi connectivity index (χ0) is 14.2. The number of carbonyl (C=O) groups is 1. The fourth-order valence-electron chi connectivity index (χ4n) is 1.63. The van der Waals surface area contributed by atoms with E-state index in [9.17, 15) is 14.0 Å². The molecule has 0 aliphatic rings. The summed E-state index contributed by atoms with van der Waals surface area (Å²) in [5, 5.41) is 8.95. The van der Waals surface area contributed by atoms with Crippen molar-refractivity contribution in [1.29, 1.82) is 0 Å². The van der Waals surface area contributed by atoms with Gasteiger partial charge < -0.3 is 5.11 Å². The van der Waals surface area contributed by atoms with Crippen LogP contribution in [0.2, 0.25) is 0 Å². The number of aromatic carboxylic acids is 1. The van der Waals surface area contributed by atoms with Crippen molar-refractivity contribution in [2.24, 2.45) is 0 Å². The summed E-state index contributed by atoms with van der Waals surface area (Å²) in [7, 11) is 0. The molecule has 4 nitrogen and oxygen atoms in total. The summed E-state index contributed by atoms with van der Waals surface area (Å²) in [4.78, 5) is 23.0. The lowest BCUT2D eigenvalue weighted by Crippen LogP contribution is -2.24. The number of aromatic nitrogens is 1. The van der Waals surface area contributed by atoms with Crippen LogP contribution in [0.15, 0.2) is 39.7 Å². The van der Waals surface area contributed by atoms with E-state index in [0.29, 0.717) is 10.0 Å². The van der Waals surface area contributed by atoms with Crippen molar-refractivity contribution < 1.29 is 14.3 Å². The number of rotatable bonds is 2. The first-order valence-corrected chi connectivity index (χ1v) is 6.11. The predicted octanol–water partition coefficient (Wildman–Crippen LogP) is 2.75. The topological polar surface area (TPSA) is 59.3 Å². The van der Waals surface area contributed by atoms with E-state index in [1.807, 2.05) is 0 Å². The molecule has 0 bridgehead atoms. The second-order valence-electron chi connectivity index (χ2n) is 3.99. The number of carboxylic acids is 1. The maximum atomic E-state index is 13.5. The van der Waals surface area contributed by atoms with E-state index in [1.54, 1.807) is 13.0 Å². The Balaban J connectivity index is 2.72. The Labute approximate surface area is 116 Å². The maximum Gasteiger partial charge on any atom is 0.341 e. The molecule has 2 aromatic rings. The minimum absolute atomic E-state index is 0.275. The van der Waals surface area contributed by atoms with Gasteiger partial charge in [0.15, 0.2) is 0 Å². The Bertz CT molecular complexity index is 724. The Kier molecular flexibility index (Phi) is 3.53. The SMILES string of the molecule is Cc1ccc(-n2cc(Br)cc(C(=O)O)c2=O)cc1F. The number of halogens is 2. The van der Waals surface area contributed by atoms with Crippen molar-refractivity contribution in [3.8, 4) is 5.69 Å². The summed E-state index contributed by atoms with van der Waals surface area (Å²) in [6.45, 7) is 1.60. The fraction of sp³-hybridized carbons (Fsp3) is 0.0769. The number of benzene rings is 1. The molecule has 0 radical (unpaired) electrons. The monoisotopic (exact) mass is 325 g/mol. The molecule has 0 unspecified atom stereocenters. The number of hydrogen-bond donors (Lipinski definition) is 1. The average molecular weight is 326 g/mol. The van der Waals surface area contributed by atoms with E-state index in [1.165, 1.54) is 24.4 Å². The van der Waals surface area contributed by atoms with Gasteiger partial charge in [0.1, 0.15) is 11.4 Å². The molecular weight excluding hydrogens is 317 g/mol. The number of hydrogen-bond acceptors (Lipinski definition) is 2. The molecule has 0 saturated heterocycles. The van der Waals surface area contributed by atoms with Crippen LogP contribution in [-0.2, 0) is 0 Å². The van der Waals surface area contributed by atoms with Crippen LogP contribution in [0.4, 0.5) is 4.39 Å². The molecule has 0 aliphatic carbocycles. The minimum Gasteiger partial charge on any atom is -0.477 e. The summed E-state index contributed by atoms with van der Waals surface area (Å²) >= 11 is 3.13. The van der Waals surface area contributed by atoms with E-state index >= 15 is 0 Å². The van der Waals surface area contributed by atoms with Crippen molar-refractivity contribution in [2.75, 3.05) is 0 Å². The number of carboxylic acid groups (broad SMARTS) is 1. The van der Waals surface area contributed by atoms with Crippen molar-refractivity contribution in [3.05, 3.63) is 62.2 Å². The maximum absolute atomic E-state index is 13.5. The van der Waals surface area contributed by atoms with Crippen molar-refractivity contribution >= 4 is 21.9 Å². The van der Waals surface area contributed by atoms with Crippen LogP contribution in [0.3, 0.4) is 0 Å². The van der Waals surface area contributed by atoms with Gasteiger partial charge in [0.2, 0.25) is 0 Å². The third-order valence-corrected chi connectivity index (χ3v) is 3.08. The van der Waals surface area contributed by atoms with Crippen molar-refractivity contribution in [3.63, 3.8) is 0 Å². The molecule has 19 heavy (non-hydrogen) atoms. The van der Waals surface area contributed by atoms with Gasteiger partial charge >= 0.3 is 5.97 Å². The summed E-state index contributed by atoms with van der Waals surface area (Å²) in [5.74, 6) is -1.78. The van der Waals surface area contributed by atoms with E-state index in [2.05, 4.69) is 15.9 Å². The third kappa shape index (κ3) is 2.58. The molecule has 1 heterocycles. The molecule has 0 spiro atoms. The van der Waals surface area contributed by atoms with Gasteiger partial charge in [0, 0.05) is 10.7 Å². The van der Waals surface area contributed by atoms with Gasteiger partial charge in [0.05, 0.1) is 5.69 Å². The largest absolute Gasteiger partial charge is 0.477 e. The minimum atomic E-state index is -1.33. The summed E-state index contributed by atoms with van der Waals surface area (Å²) < 4.78 is 15.0. The van der Waals surface area contributed by atoms with E-state index < -0.39 is 17.3 Å². The van der Waals surface area contributed by atoms with Crippen LogP contribution in [0.5, 0.6) is 0 Å². The number of pyridine rings is 1. The van der Waals surface area contributed by atoms with Crippen LogP contribution < -0.4 is 5.56 Å². The van der Waals surface area contributed by atoms with Gasteiger partial charge in [-0.3, -0.25) is 9.36 Å². The second kappa shape index (κ2) is 4.97. The first-order chi connectivity index (χ1) is 8.90. The molecule has 0 aliphatic heterocycles. The molecule has 1 aromatic heterocycles. The molecule has 1 N–H and O–H groups in total. The highest BCUT2D eigenvalue weighted by Gasteiger charge is 2.14. The molecule has 6 heteroatoms. The Hall–Kier alpha value is -1.95. The molecule has 0 atom stereocenters. The molecule has 2 rings (SSSR count). The molecule has 0 amide bonds. The van der Waals surface area contributed by atoms with Gasteiger partial charge in [0.25, 0.3) is 5.56 Å². The van der Waals surface area contributed by atoms with E-state index in [0.717, 1.165) is 4.57 Å². The standard InChI is InChI=1S/C13H9BrFNO3/c1-7-2-3-9(5-11(7)15)16-6-8(14)4-10(12(16)17)13(18)19/h2-6H,1H3,(H,18,19). The predicted molar refractivity (Wildman–Crippen MR) is 71.4 cm³/mol. The first-order valence-electron chi connectivity index (χ1n) is 5.32. The highest BCUT2D eigenvalue weighted by molar-refractivity contribution is 9.10. The fourth-order valence-corrected chi connectivity index (χ4v) is 2.06. The van der Waals surface area contributed by atoms with Crippen LogP contribution in [-0.4, -0.2) is 15.6 Å². The summed E-state index contributed by atoms with van der Waals surface area (Å²) in [6, 6.07) is 5.48. The van der Waals surface area contributed by atoms with E-state index in [-0.39, 0.29) is 11.3 Å². The lowest BCUT2D eigenvalue weighted by Gasteiger charge is -2.08. The highest BCUT2D eigenvalue weighted by atomic mass is 79.9. The lowest BCUT2D eigenvalue weighted by molar-refractivity contribution is 0.0694. The zero-order valence-electron chi connectivity index (χ0n) is 9.85. The van der Waals surface area contributed by atoms with Gasteiger partial charge in [-0.25, -0.2) is 9.18 Å². The first kappa shape index (κ1) is 13.5. The molecule has 0 fully saturated rings. The molecule has 98 valence electrons. The Morgan fingerprint density at radius 2 is 2.05 bits per heavy atom. The number of nitrogens with zero attached hydrogens (tertiary/aromatic N) is 1. The average Bonchev–Trinajstić information content (AvgIpc) is 2.35. The normalized spacial score (nSPS) is 10.5. The lowest BCUT2D eigenvalue weighted by atomic mass is 10.2. The van der Waals surface area contributed by atoms with Crippen molar-refractivity contribution in [2.45, 2.75) is 6.92 Å². The quantitative estimate of drug-likeness (QED) is 0.923. The van der Waals surface area contributed by atoms with Gasteiger partial charge in [-0.2, -0.15) is 0 Å². The highest BCUT2D eigenvalue weighted by Crippen LogP contribution is 2.15. The van der Waals surface area contributed by atoms with Crippen LogP contribution in [0, 0.1) is 12.7 Å². The molecular formula is C13H9BrFNO3. The van der Waals surface area contributed by atoms with E-state index in [4.69, 9.17) is 5.11 Å². The van der Waals surface area contributed by atoms with Gasteiger partial charge in [-0.15, -0.1) is 0 Å². The van der Waals surface area contributed by atoms with Gasteiger partial charge in [-0.05, 0) is 46.6 Å². The zero-order valence-corrected chi connectivity index (χ0v) is 11.4. The Morgan fingerprint density at radius 3 is 2.63 bits per heavy atom. The van der Waals surface area contributed by atoms with Crippen LogP contribution >= 0.6 is 15.9 Å². The Morgan fingerprint density at radius 1 is 1.37 bits per heavy atom. The second-order valence-corrected chi connectivity index (χ2v) is 4.90. The van der Waals surface area contributed by atoms with Crippen molar-refractivity contribution in [1.82, 2.24) is 4.57 Å². The third-order valence-electron chi connectivity index (χ3n) is 2.65. The smallest absolute Gasteiger partial charge is 0.341 e. The summed E-state index contributed by atoms with van der Waals surface area (Å²) in [5.41, 5.74) is -0.364.